The minimum absolute atomic E-state index is 0.140. The van der Waals surface area contributed by atoms with Gasteiger partial charge in [-0.1, -0.05) is 36.4 Å². The predicted molar refractivity (Wildman–Crippen MR) is 104 cm³/mol. The summed E-state index contributed by atoms with van der Waals surface area (Å²) in [4.78, 5) is 13.6. The van der Waals surface area contributed by atoms with Gasteiger partial charge < -0.3 is 10.1 Å². The number of thiophene rings is 1. The molecule has 4 rings (SSSR count). The van der Waals surface area contributed by atoms with E-state index in [4.69, 9.17) is 4.74 Å². The SMILES string of the molecule is COc1ccccc1[C@H]1CC(=O)Nc2c(S(=O)(=O)c3ccccc3)csc21. The van der Waals surface area contributed by atoms with Crippen LogP contribution in [0.4, 0.5) is 5.69 Å². The zero-order valence-corrected chi connectivity index (χ0v) is 16.1. The average molecular weight is 399 g/mol. The molecule has 0 bridgehead atoms. The number of anilines is 1. The van der Waals surface area contributed by atoms with E-state index in [0.717, 1.165) is 10.4 Å². The molecule has 0 aliphatic carbocycles. The molecule has 0 fully saturated rings. The van der Waals surface area contributed by atoms with Crippen molar-refractivity contribution in [2.75, 3.05) is 12.4 Å². The molecule has 3 aromatic rings. The second kappa shape index (κ2) is 6.83. The van der Waals surface area contributed by atoms with E-state index >= 15 is 0 Å². The number of fused-ring (bicyclic) bond motifs is 1. The minimum Gasteiger partial charge on any atom is -0.496 e. The van der Waals surface area contributed by atoms with Gasteiger partial charge in [0.15, 0.2) is 0 Å². The minimum atomic E-state index is -3.72. The normalized spacial score (nSPS) is 16.5. The average Bonchev–Trinajstić information content (AvgIpc) is 3.12. The van der Waals surface area contributed by atoms with Crippen molar-refractivity contribution in [3.05, 3.63) is 70.4 Å². The van der Waals surface area contributed by atoms with Crippen molar-refractivity contribution in [3.63, 3.8) is 0 Å². The number of rotatable bonds is 4. The van der Waals surface area contributed by atoms with E-state index < -0.39 is 9.84 Å². The van der Waals surface area contributed by atoms with Gasteiger partial charge in [0, 0.05) is 28.2 Å². The first kappa shape index (κ1) is 17.8. The topological polar surface area (TPSA) is 72.5 Å². The zero-order chi connectivity index (χ0) is 19.0. The van der Waals surface area contributed by atoms with Gasteiger partial charge in [-0.25, -0.2) is 8.42 Å². The summed E-state index contributed by atoms with van der Waals surface area (Å²) in [5, 5.41) is 4.39. The van der Waals surface area contributed by atoms with Gasteiger partial charge in [-0.15, -0.1) is 11.3 Å². The Labute approximate surface area is 161 Å². The monoisotopic (exact) mass is 399 g/mol. The molecule has 1 N–H and O–H groups in total. The summed E-state index contributed by atoms with van der Waals surface area (Å²) in [6.07, 6.45) is 0.249. The summed E-state index contributed by atoms with van der Waals surface area (Å²) in [7, 11) is -2.13. The number of carbonyl (C=O) groups excluding carboxylic acids is 1. The fourth-order valence-electron chi connectivity index (χ4n) is 3.33. The molecule has 0 unspecified atom stereocenters. The summed E-state index contributed by atoms with van der Waals surface area (Å²) >= 11 is 1.35. The van der Waals surface area contributed by atoms with Gasteiger partial charge in [-0.2, -0.15) is 0 Å². The number of para-hydroxylation sites is 1. The number of ether oxygens (including phenoxy) is 1. The molecule has 1 aromatic heterocycles. The molecule has 1 atom stereocenters. The van der Waals surface area contributed by atoms with E-state index in [-0.39, 0.29) is 28.0 Å². The van der Waals surface area contributed by atoms with Crippen LogP contribution in [-0.4, -0.2) is 21.4 Å². The van der Waals surface area contributed by atoms with Crippen LogP contribution in [0.1, 0.15) is 22.8 Å². The quantitative estimate of drug-likeness (QED) is 0.718. The molecule has 1 amide bonds. The molecule has 5 nitrogen and oxygen atoms in total. The van der Waals surface area contributed by atoms with Crippen LogP contribution >= 0.6 is 11.3 Å². The third-order valence-corrected chi connectivity index (χ3v) is 7.65. The van der Waals surface area contributed by atoms with Crippen molar-refractivity contribution < 1.29 is 17.9 Å². The Balaban J connectivity index is 1.86. The molecule has 2 aromatic carbocycles. The molecule has 0 saturated carbocycles. The fraction of sp³-hybridized carbons (Fsp3) is 0.150. The second-order valence-electron chi connectivity index (χ2n) is 6.20. The Bertz CT molecular complexity index is 1100. The van der Waals surface area contributed by atoms with Gasteiger partial charge in [0.1, 0.15) is 10.6 Å². The van der Waals surface area contributed by atoms with Crippen LogP contribution in [0.5, 0.6) is 5.75 Å². The smallest absolute Gasteiger partial charge is 0.225 e. The summed E-state index contributed by atoms with van der Waals surface area (Å²) < 4.78 is 31.6. The first-order valence-corrected chi connectivity index (χ1v) is 10.7. The lowest BCUT2D eigenvalue weighted by molar-refractivity contribution is -0.116. The third kappa shape index (κ3) is 3.02. The van der Waals surface area contributed by atoms with Crippen LogP contribution in [0.2, 0.25) is 0 Å². The summed E-state index contributed by atoms with van der Waals surface area (Å²) in [6, 6.07) is 15.8. The van der Waals surface area contributed by atoms with Crippen molar-refractivity contribution in [1.29, 1.82) is 0 Å². The molecule has 0 radical (unpaired) electrons. The molecule has 138 valence electrons. The number of amides is 1. The predicted octanol–water partition coefficient (Wildman–Crippen LogP) is 4.06. The lowest BCUT2D eigenvalue weighted by atomic mass is 9.90. The highest BCUT2D eigenvalue weighted by molar-refractivity contribution is 7.91. The van der Waals surface area contributed by atoms with Gasteiger partial charge in [-0.3, -0.25) is 4.79 Å². The largest absolute Gasteiger partial charge is 0.496 e. The van der Waals surface area contributed by atoms with E-state index in [1.807, 2.05) is 24.3 Å². The second-order valence-corrected chi connectivity index (χ2v) is 9.03. The zero-order valence-electron chi connectivity index (χ0n) is 14.5. The summed E-state index contributed by atoms with van der Waals surface area (Å²) in [5.41, 5.74) is 1.26. The number of benzene rings is 2. The molecule has 7 heteroatoms. The standard InChI is InChI=1S/C20H17NO4S2/c1-25-16-10-6-5-9-14(16)15-11-18(22)21-19-17(12-26-20(15)19)27(23,24)13-7-3-2-4-8-13/h2-10,12,15H,11H2,1H3,(H,21,22)/t15-/m1/s1. The lowest BCUT2D eigenvalue weighted by Crippen LogP contribution is -2.23. The number of hydrogen-bond donors (Lipinski definition) is 1. The highest BCUT2D eigenvalue weighted by atomic mass is 32.2. The Hall–Kier alpha value is -2.64. The van der Waals surface area contributed by atoms with E-state index in [0.29, 0.717) is 11.4 Å². The maximum Gasteiger partial charge on any atom is 0.225 e. The van der Waals surface area contributed by atoms with E-state index in [1.54, 1.807) is 42.8 Å². The maximum atomic E-state index is 13.1. The lowest BCUT2D eigenvalue weighted by Gasteiger charge is -2.25. The van der Waals surface area contributed by atoms with Crippen molar-refractivity contribution >= 4 is 32.8 Å². The van der Waals surface area contributed by atoms with Crippen LogP contribution in [-0.2, 0) is 14.6 Å². The van der Waals surface area contributed by atoms with Crippen molar-refractivity contribution in [1.82, 2.24) is 0 Å². The Kier molecular flexibility index (Phi) is 4.49. The van der Waals surface area contributed by atoms with Crippen LogP contribution in [0.25, 0.3) is 0 Å². The van der Waals surface area contributed by atoms with Crippen LogP contribution < -0.4 is 10.1 Å². The fourth-order valence-corrected chi connectivity index (χ4v) is 6.25. The summed E-state index contributed by atoms with van der Waals surface area (Å²) in [6.45, 7) is 0. The van der Waals surface area contributed by atoms with Crippen molar-refractivity contribution in [3.8, 4) is 5.75 Å². The van der Waals surface area contributed by atoms with E-state index in [1.165, 1.54) is 11.3 Å². The van der Waals surface area contributed by atoms with Crippen LogP contribution in [0.3, 0.4) is 0 Å². The number of nitrogens with one attached hydrogen (secondary N) is 1. The highest BCUT2D eigenvalue weighted by Crippen LogP contribution is 2.47. The maximum absolute atomic E-state index is 13.1. The van der Waals surface area contributed by atoms with Gasteiger partial charge >= 0.3 is 0 Å². The first-order chi connectivity index (χ1) is 13.0. The molecule has 0 spiro atoms. The molecular weight excluding hydrogens is 382 g/mol. The van der Waals surface area contributed by atoms with Crippen molar-refractivity contribution in [2.24, 2.45) is 0 Å². The Morgan fingerprint density at radius 1 is 1.07 bits per heavy atom. The van der Waals surface area contributed by atoms with Gasteiger partial charge in [0.05, 0.1) is 17.7 Å². The molecule has 2 heterocycles. The van der Waals surface area contributed by atoms with Gasteiger partial charge in [-0.05, 0) is 18.2 Å². The molecule has 0 saturated heterocycles. The van der Waals surface area contributed by atoms with E-state index in [2.05, 4.69) is 5.32 Å². The van der Waals surface area contributed by atoms with Crippen molar-refractivity contribution in [2.45, 2.75) is 22.1 Å². The van der Waals surface area contributed by atoms with Gasteiger partial charge in [0.2, 0.25) is 15.7 Å². The highest BCUT2D eigenvalue weighted by Gasteiger charge is 2.35. The molecular formula is C20H17NO4S2. The van der Waals surface area contributed by atoms with Crippen LogP contribution in [0.15, 0.2) is 69.8 Å². The Morgan fingerprint density at radius 2 is 1.78 bits per heavy atom. The molecule has 27 heavy (non-hydrogen) atoms. The summed E-state index contributed by atoms with van der Waals surface area (Å²) in [5.74, 6) is 0.236. The molecule has 1 aliphatic heterocycles. The number of carbonyl (C=O) groups is 1. The third-order valence-electron chi connectivity index (χ3n) is 4.61. The molecule has 1 aliphatic rings. The number of sulfone groups is 1. The number of methoxy groups -OCH3 is 1. The first-order valence-electron chi connectivity index (χ1n) is 8.36. The van der Waals surface area contributed by atoms with Gasteiger partial charge in [0.25, 0.3) is 0 Å². The van der Waals surface area contributed by atoms with Crippen LogP contribution in [0, 0.1) is 0 Å². The number of hydrogen-bond acceptors (Lipinski definition) is 5. The van der Waals surface area contributed by atoms with E-state index in [9.17, 15) is 13.2 Å². The Morgan fingerprint density at radius 3 is 2.52 bits per heavy atom.